The molecule has 6 heteroatoms. The van der Waals surface area contributed by atoms with E-state index in [9.17, 15) is 5.11 Å². The maximum atomic E-state index is 10.2. The number of piperidine rings is 2. The summed E-state index contributed by atoms with van der Waals surface area (Å²) in [6.07, 6.45) is 3.94. The van der Waals surface area contributed by atoms with Crippen molar-refractivity contribution < 1.29 is 14.6 Å². The molecule has 2 aliphatic heterocycles. The molecule has 0 aromatic heterocycles. The van der Waals surface area contributed by atoms with Crippen LogP contribution in [-0.2, 0) is 6.54 Å². The van der Waals surface area contributed by atoms with Gasteiger partial charge in [0, 0.05) is 30.7 Å². The molecule has 0 radical (unpaired) electrons. The maximum Gasteiger partial charge on any atom is 0.162 e. The molecule has 0 bridgehead atoms. The van der Waals surface area contributed by atoms with E-state index in [1.165, 1.54) is 0 Å². The van der Waals surface area contributed by atoms with Gasteiger partial charge < -0.3 is 19.5 Å². The Morgan fingerprint density at radius 2 is 2.00 bits per heavy atom. The van der Waals surface area contributed by atoms with Crippen molar-refractivity contribution in [2.45, 2.75) is 45.3 Å². The largest absolute Gasteiger partial charge is 0.493 e. The Kier molecular flexibility index (Phi) is 6.90. The number of nitrogens with zero attached hydrogens (tertiary/aromatic N) is 2. The molecule has 5 nitrogen and oxygen atoms in total. The van der Waals surface area contributed by atoms with Crippen LogP contribution in [0, 0.1) is 5.41 Å². The molecule has 1 N–H and O–H groups in total. The minimum atomic E-state index is -0.190. The van der Waals surface area contributed by atoms with Crippen molar-refractivity contribution in [2.24, 2.45) is 5.41 Å². The number of hydrogen-bond donors (Lipinski definition) is 1. The molecule has 2 aliphatic rings. The fraction of sp³-hybridized carbons (Fsp3) is 0.714. The average molecular weight is 397 g/mol. The van der Waals surface area contributed by atoms with Gasteiger partial charge in [0.1, 0.15) is 0 Å². The van der Waals surface area contributed by atoms with Crippen LogP contribution < -0.4 is 9.47 Å². The van der Waals surface area contributed by atoms with E-state index < -0.39 is 0 Å². The fourth-order valence-corrected chi connectivity index (χ4v) is 4.81. The summed E-state index contributed by atoms with van der Waals surface area (Å²) in [6.45, 7) is 7.51. The van der Waals surface area contributed by atoms with Gasteiger partial charge in [-0.25, -0.2) is 0 Å². The third kappa shape index (κ3) is 5.08. The van der Waals surface area contributed by atoms with Gasteiger partial charge in [0.15, 0.2) is 11.5 Å². The van der Waals surface area contributed by atoms with Crippen molar-refractivity contribution in [1.82, 2.24) is 9.80 Å². The Morgan fingerprint density at radius 1 is 1.26 bits per heavy atom. The third-order valence-corrected chi connectivity index (χ3v) is 6.25. The summed E-state index contributed by atoms with van der Waals surface area (Å²) in [5.41, 5.74) is 1.34. The molecule has 2 fully saturated rings. The fourth-order valence-electron chi connectivity index (χ4n) is 4.60. The molecule has 0 saturated carbocycles. The van der Waals surface area contributed by atoms with Gasteiger partial charge in [-0.05, 0) is 62.9 Å². The molecule has 1 aromatic carbocycles. The molecule has 1 aromatic rings. The van der Waals surface area contributed by atoms with Crippen LogP contribution >= 0.6 is 11.6 Å². The first-order chi connectivity index (χ1) is 12.9. The Labute approximate surface area is 168 Å². The van der Waals surface area contributed by atoms with Crippen LogP contribution in [0.15, 0.2) is 12.1 Å². The minimum absolute atomic E-state index is 0.190. The van der Waals surface area contributed by atoms with E-state index in [0.29, 0.717) is 12.4 Å². The highest BCUT2D eigenvalue weighted by Crippen LogP contribution is 2.40. The molecule has 1 atom stereocenters. The van der Waals surface area contributed by atoms with Crippen LogP contribution in [0.4, 0.5) is 0 Å². The van der Waals surface area contributed by atoms with Gasteiger partial charge in [-0.1, -0.05) is 18.5 Å². The van der Waals surface area contributed by atoms with E-state index in [-0.39, 0.29) is 11.5 Å². The Hall–Kier alpha value is -1.01. The standard InChI is InChI=1S/C21H33ClN2O3/c1-4-9-27-20-11-18(22)16(10-19(20)26-3)13-24-7-5-21(6-8-24)12-17(25)14-23(2)15-21/h10-11,17,25H,4-9,12-15H2,1-3H3. The number of likely N-dealkylation sites (N-methyl/N-ethyl adjacent to an activating group) is 1. The van der Waals surface area contributed by atoms with Crippen molar-refractivity contribution in [1.29, 1.82) is 0 Å². The average Bonchev–Trinajstić information content (AvgIpc) is 2.62. The lowest BCUT2D eigenvalue weighted by atomic mass is 9.71. The van der Waals surface area contributed by atoms with Crippen LogP contribution in [0.3, 0.4) is 0 Å². The van der Waals surface area contributed by atoms with Crippen molar-refractivity contribution >= 4 is 11.6 Å². The first-order valence-corrected chi connectivity index (χ1v) is 10.4. The predicted molar refractivity (Wildman–Crippen MR) is 109 cm³/mol. The SMILES string of the molecule is CCCOc1cc(Cl)c(CN2CCC3(CC2)CC(O)CN(C)C3)cc1OC. The molecular weight excluding hydrogens is 364 g/mol. The summed E-state index contributed by atoms with van der Waals surface area (Å²) in [5.74, 6) is 1.46. The number of halogens is 1. The Morgan fingerprint density at radius 3 is 2.63 bits per heavy atom. The van der Waals surface area contributed by atoms with Crippen LogP contribution in [0.1, 0.15) is 38.2 Å². The lowest BCUT2D eigenvalue weighted by Gasteiger charge is -2.48. The highest BCUT2D eigenvalue weighted by atomic mass is 35.5. The minimum Gasteiger partial charge on any atom is -0.493 e. The summed E-state index contributed by atoms with van der Waals surface area (Å²) in [5, 5.41) is 10.9. The number of aliphatic hydroxyl groups is 1. The Bertz CT molecular complexity index is 620. The van der Waals surface area contributed by atoms with E-state index in [1.807, 2.05) is 12.1 Å². The highest BCUT2D eigenvalue weighted by Gasteiger charge is 2.40. The second-order valence-electron chi connectivity index (χ2n) is 8.27. The second kappa shape index (κ2) is 8.99. The van der Waals surface area contributed by atoms with Gasteiger partial charge >= 0.3 is 0 Å². The lowest BCUT2D eigenvalue weighted by Crippen LogP contribution is -2.52. The number of β-amino-alcohol motifs (C(OH)–C–C–N with tert-alkyl or cyclic N) is 1. The summed E-state index contributed by atoms with van der Waals surface area (Å²) in [4.78, 5) is 4.74. The normalized spacial score (nSPS) is 23.5. The van der Waals surface area contributed by atoms with E-state index in [1.54, 1.807) is 7.11 Å². The molecule has 1 unspecified atom stereocenters. The number of likely N-dealkylation sites (tertiary alicyclic amines) is 2. The highest BCUT2D eigenvalue weighted by molar-refractivity contribution is 6.31. The number of hydrogen-bond acceptors (Lipinski definition) is 5. The van der Waals surface area contributed by atoms with Gasteiger partial charge in [0.25, 0.3) is 0 Å². The summed E-state index contributed by atoms with van der Waals surface area (Å²) < 4.78 is 11.3. The van der Waals surface area contributed by atoms with Crippen LogP contribution in [0.5, 0.6) is 11.5 Å². The number of ether oxygens (including phenoxy) is 2. The number of benzene rings is 1. The summed E-state index contributed by atoms with van der Waals surface area (Å²) in [6, 6.07) is 3.89. The molecular formula is C21H33ClN2O3. The molecule has 152 valence electrons. The number of rotatable bonds is 6. The van der Waals surface area contributed by atoms with E-state index in [2.05, 4.69) is 23.8 Å². The van der Waals surface area contributed by atoms with Gasteiger partial charge in [0.05, 0.1) is 19.8 Å². The summed E-state index contributed by atoms with van der Waals surface area (Å²) >= 11 is 6.53. The van der Waals surface area contributed by atoms with E-state index in [0.717, 1.165) is 74.7 Å². The molecule has 27 heavy (non-hydrogen) atoms. The van der Waals surface area contributed by atoms with Crippen LogP contribution in [-0.4, -0.2) is 68.0 Å². The topological polar surface area (TPSA) is 45.2 Å². The van der Waals surface area contributed by atoms with Gasteiger partial charge in [-0.15, -0.1) is 0 Å². The third-order valence-electron chi connectivity index (χ3n) is 5.90. The first kappa shape index (κ1) is 20.7. The molecule has 3 rings (SSSR count). The second-order valence-corrected chi connectivity index (χ2v) is 8.68. The van der Waals surface area contributed by atoms with Gasteiger partial charge in [-0.2, -0.15) is 0 Å². The van der Waals surface area contributed by atoms with E-state index in [4.69, 9.17) is 21.1 Å². The lowest BCUT2D eigenvalue weighted by molar-refractivity contribution is -0.0331. The molecule has 2 heterocycles. The van der Waals surface area contributed by atoms with E-state index >= 15 is 0 Å². The smallest absolute Gasteiger partial charge is 0.162 e. The van der Waals surface area contributed by atoms with Gasteiger partial charge in [-0.3, -0.25) is 4.90 Å². The molecule has 2 saturated heterocycles. The van der Waals surface area contributed by atoms with Crippen molar-refractivity contribution in [2.75, 3.05) is 46.9 Å². The summed E-state index contributed by atoms with van der Waals surface area (Å²) in [7, 11) is 3.78. The molecule has 0 amide bonds. The zero-order valence-corrected chi connectivity index (χ0v) is 17.6. The number of aliphatic hydroxyl groups excluding tert-OH is 1. The molecule has 0 aliphatic carbocycles. The van der Waals surface area contributed by atoms with Crippen LogP contribution in [0.2, 0.25) is 5.02 Å². The zero-order chi connectivity index (χ0) is 19.4. The Balaban J connectivity index is 1.63. The maximum absolute atomic E-state index is 10.2. The molecule has 1 spiro atoms. The predicted octanol–water partition coefficient (Wildman–Crippen LogP) is 3.42. The van der Waals surface area contributed by atoms with Crippen molar-refractivity contribution in [3.05, 3.63) is 22.7 Å². The van der Waals surface area contributed by atoms with Gasteiger partial charge in [0.2, 0.25) is 0 Å². The quantitative estimate of drug-likeness (QED) is 0.798. The van der Waals surface area contributed by atoms with Crippen molar-refractivity contribution in [3.8, 4) is 11.5 Å². The first-order valence-electron chi connectivity index (χ1n) is 10.0. The monoisotopic (exact) mass is 396 g/mol. The number of methoxy groups -OCH3 is 1. The van der Waals surface area contributed by atoms with Crippen molar-refractivity contribution in [3.63, 3.8) is 0 Å². The van der Waals surface area contributed by atoms with Crippen LogP contribution in [0.25, 0.3) is 0 Å². The zero-order valence-electron chi connectivity index (χ0n) is 16.8.